The molecule has 2 aromatic rings. The summed E-state index contributed by atoms with van der Waals surface area (Å²) in [5.74, 6) is 0.292. The van der Waals surface area contributed by atoms with Gasteiger partial charge in [-0.3, -0.25) is 4.79 Å². The monoisotopic (exact) mass is 324 g/mol. The largest absolute Gasteiger partial charge is 0.306 e. The lowest BCUT2D eigenvalue weighted by molar-refractivity contribution is 0.102. The summed E-state index contributed by atoms with van der Waals surface area (Å²) in [7, 11) is 0. The van der Waals surface area contributed by atoms with Gasteiger partial charge in [-0.15, -0.1) is 0 Å². The van der Waals surface area contributed by atoms with Gasteiger partial charge >= 0.3 is 0 Å². The highest BCUT2D eigenvalue weighted by Gasteiger charge is 2.11. The van der Waals surface area contributed by atoms with E-state index < -0.39 is 0 Å². The second kappa shape index (κ2) is 5.50. The van der Waals surface area contributed by atoms with Crippen LogP contribution in [0.3, 0.4) is 0 Å². The van der Waals surface area contributed by atoms with E-state index in [4.69, 9.17) is 11.6 Å². The molecule has 0 bridgehead atoms. The van der Waals surface area contributed by atoms with Gasteiger partial charge in [0.2, 0.25) is 0 Å². The quantitative estimate of drug-likeness (QED) is 0.905. The lowest BCUT2D eigenvalue weighted by atomic mass is 10.1. The molecule has 0 fully saturated rings. The number of aromatic nitrogens is 1. The highest BCUT2D eigenvalue weighted by atomic mass is 79.9. The van der Waals surface area contributed by atoms with Gasteiger partial charge in [0.15, 0.2) is 0 Å². The molecule has 2 rings (SSSR count). The smallest absolute Gasteiger partial charge is 0.257 e. The number of carbonyl (C=O) groups excluding carboxylic acids is 1. The summed E-state index contributed by atoms with van der Waals surface area (Å²) in [6.45, 7) is 1.84. The van der Waals surface area contributed by atoms with Gasteiger partial charge in [0.05, 0.1) is 4.47 Å². The molecule has 0 aliphatic carbocycles. The molecule has 0 radical (unpaired) electrons. The van der Waals surface area contributed by atoms with Gasteiger partial charge in [-0.2, -0.15) is 0 Å². The molecule has 1 heterocycles. The maximum atomic E-state index is 12.1. The van der Waals surface area contributed by atoms with E-state index in [1.165, 1.54) is 0 Å². The molecule has 1 aromatic carbocycles. The third-order valence-corrected chi connectivity index (χ3v) is 3.30. The molecule has 1 amide bonds. The van der Waals surface area contributed by atoms with Crippen molar-refractivity contribution in [3.8, 4) is 0 Å². The molecule has 1 aromatic heterocycles. The Morgan fingerprint density at radius 1 is 1.39 bits per heavy atom. The molecular formula is C13H10BrClN2O. The number of amides is 1. The zero-order valence-electron chi connectivity index (χ0n) is 9.58. The summed E-state index contributed by atoms with van der Waals surface area (Å²) in [6, 6.07) is 8.75. The van der Waals surface area contributed by atoms with Crippen molar-refractivity contribution in [1.29, 1.82) is 0 Å². The maximum Gasteiger partial charge on any atom is 0.257 e. The van der Waals surface area contributed by atoms with Crippen LogP contribution in [0, 0.1) is 6.92 Å². The molecule has 0 spiro atoms. The summed E-state index contributed by atoms with van der Waals surface area (Å²) < 4.78 is 0.741. The van der Waals surface area contributed by atoms with Crippen molar-refractivity contribution >= 4 is 39.3 Å². The molecule has 18 heavy (non-hydrogen) atoms. The van der Waals surface area contributed by atoms with Crippen molar-refractivity contribution < 1.29 is 4.79 Å². The molecule has 0 unspecified atom stereocenters. The zero-order chi connectivity index (χ0) is 13.1. The normalized spacial score (nSPS) is 10.2. The van der Waals surface area contributed by atoms with Crippen molar-refractivity contribution in [2.45, 2.75) is 6.92 Å². The fraction of sp³-hybridized carbons (Fsp3) is 0.0769. The number of nitrogens with one attached hydrogen (secondary N) is 1. The van der Waals surface area contributed by atoms with E-state index in [2.05, 4.69) is 26.2 Å². The number of benzene rings is 1. The van der Waals surface area contributed by atoms with Crippen LogP contribution in [0.2, 0.25) is 5.02 Å². The van der Waals surface area contributed by atoms with Crippen molar-refractivity contribution in [1.82, 2.24) is 4.98 Å². The number of hydrogen-bond donors (Lipinski definition) is 1. The molecule has 92 valence electrons. The van der Waals surface area contributed by atoms with Crippen molar-refractivity contribution in [2.24, 2.45) is 0 Å². The highest BCUT2D eigenvalue weighted by Crippen LogP contribution is 2.21. The van der Waals surface area contributed by atoms with Crippen LogP contribution in [0.1, 0.15) is 15.9 Å². The van der Waals surface area contributed by atoms with E-state index in [0.717, 1.165) is 10.0 Å². The fourth-order valence-electron chi connectivity index (χ4n) is 1.53. The van der Waals surface area contributed by atoms with Gasteiger partial charge in [-0.1, -0.05) is 11.6 Å². The van der Waals surface area contributed by atoms with Crippen LogP contribution < -0.4 is 5.32 Å². The summed E-state index contributed by atoms with van der Waals surface area (Å²) in [5.41, 5.74) is 1.41. The maximum absolute atomic E-state index is 12.1. The Labute approximate surface area is 118 Å². The summed E-state index contributed by atoms with van der Waals surface area (Å²) in [4.78, 5) is 16.2. The lowest BCUT2D eigenvalue weighted by Crippen LogP contribution is -2.14. The third-order valence-electron chi connectivity index (χ3n) is 2.42. The number of carbonyl (C=O) groups is 1. The fourth-order valence-corrected chi connectivity index (χ4v) is 2.12. The average molecular weight is 326 g/mol. The molecule has 0 saturated heterocycles. The minimum atomic E-state index is -0.205. The Kier molecular flexibility index (Phi) is 3.99. The molecule has 5 heteroatoms. The number of pyridine rings is 1. The SMILES string of the molecule is Cc1cc(Cl)ccc1C(=O)Nc1ncccc1Br. The van der Waals surface area contributed by atoms with Gasteiger partial charge in [0, 0.05) is 16.8 Å². The van der Waals surface area contributed by atoms with Crippen LogP contribution in [-0.2, 0) is 0 Å². The first kappa shape index (κ1) is 13.1. The molecule has 3 nitrogen and oxygen atoms in total. The Morgan fingerprint density at radius 3 is 2.83 bits per heavy atom. The minimum absolute atomic E-state index is 0.205. The predicted octanol–water partition coefficient (Wildman–Crippen LogP) is 4.06. The molecule has 0 aliphatic heterocycles. The van der Waals surface area contributed by atoms with Crippen LogP contribution in [0.25, 0.3) is 0 Å². The van der Waals surface area contributed by atoms with Gasteiger partial charge in [-0.05, 0) is 58.7 Å². The molecule has 0 aliphatic rings. The number of anilines is 1. The molecular weight excluding hydrogens is 316 g/mol. The summed E-state index contributed by atoms with van der Waals surface area (Å²) >= 11 is 9.18. The number of rotatable bonds is 2. The lowest BCUT2D eigenvalue weighted by Gasteiger charge is -2.08. The van der Waals surface area contributed by atoms with Crippen LogP contribution in [0.5, 0.6) is 0 Å². The second-order valence-electron chi connectivity index (χ2n) is 3.75. The average Bonchev–Trinajstić information content (AvgIpc) is 2.32. The first-order valence-corrected chi connectivity index (χ1v) is 6.43. The van der Waals surface area contributed by atoms with Crippen LogP contribution in [0.15, 0.2) is 41.0 Å². The zero-order valence-corrected chi connectivity index (χ0v) is 11.9. The Bertz CT molecular complexity index is 601. The minimum Gasteiger partial charge on any atom is -0.306 e. The van der Waals surface area contributed by atoms with E-state index in [1.54, 1.807) is 30.5 Å². The van der Waals surface area contributed by atoms with Crippen LogP contribution >= 0.6 is 27.5 Å². The van der Waals surface area contributed by atoms with Crippen molar-refractivity contribution in [3.63, 3.8) is 0 Å². The Balaban J connectivity index is 2.25. The van der Waals surface area contributed by atoms with E-state index in [1.807, 2.05) is 13.0 Å². The van der Waals surface area contributed by atoms with Crippen molar-refractivity contribution in [3.05, 3.63) is 57.2 Å². The van der Waals surface area contributed by atoms with Crippen LogP contribution in [-0.4, -0.2) is 10.9 Å². The first-order chi connectivity index (χ1) is 8.58. The number of nitrogens with zero attached hydrogens (tertiary/aromatic N) is 1. The Hall–Kier alpha value is -1.39. The molecule has 0 saturated carbocycles. The van der Waals surface area contributed by atoms with Gasteiger partial charge in [0.25, 0.3) is 5.91 Å². The van der Waals surface area contributed by atoms with Gasteiger partial charge in [0.1, 0.15) is 5.82 Å². The summed E-state index contributed by atoms with van der Waals surface area (Å²) in [5, 5.41) is 3.36. The number of hydrogen-bond acceptors (Lipinski definition) is 2. The summed E-state index contributed by atoms with van der Waals surface area (Å²) in [6.07, 6.45) is 1.62. The van der Waals surface area contributed by atoms with Gasteiger partial charge in [-0.25, -0.2) is 4.98 Å². The first-order valence-electron chi connectivity index (χ1n) is 5.26. The standard InChI is InChI=1S/C13H10BrClN2O/c1-8-7-9(15)4-5-10(8)13(18)17-12-11(14)3-2-6-16-12/h2-7H,1H3,(H,16,17,18). The number of aryl methyl sites for hydroxylation is 1. The van der Waals surface area contributed by atoms with E-state index >= 15 is 0 Å². The molecule has 1 N–H and O–H groups in total. The molecule has 0 atom stereocenters. The van der Waals surface area contributed by atoms with Gasteiger partial charge < -0.3 is 5.32 Å². The van der Waals surface area contributed by atoms with E-state index in [-0.39, 0.29) is 5.91 Å². The van der Waals surface area contributed by atoms with Crippen LogP contribution in [0.4, 0.5) is 5.82 Å². The number of halogens is 2. The van der Waals surface area contributed by atoms with Crippen molar-refractivity contribution in [2.75, 3.05) is 5.32 Å². The highest BCUT2D eigenvalue weighted by molar-refractivity contribution is 9.10. The third kappa shape index (κ3) is 2.89. The topological polar surface area (TPSA) is 42.0 Å². The van der Waals surface area contributed by atoms with E-state index in [0.29, 0.717) is 16.4 Å². The Morgan fingerprint density at radius 2 is 2.17 bits per heavy atom. The predicted molar refractivity (Wildman–Crippen MR) is 76.1 cm³/mol. The van der Waals surface area contributed by atoms with E-state index in [9.17, 15) is 4.79 Å². The second-order valence-corrected chi connectivity index (χ2v) is 5.04.